The zero-order valence-corrected chi connectivity index (χ0v) is 11.7. The van der Waals surface area contributed by atoms with Crippen LogP contribution in [0, 0.1) is 0 Å². The van der Waals surface area contributed by atoms with Crippen LogP contribution in [0.25, 0.3) is 0 Å². The molecule has 1 heterocycles. The van der Waals surface area contributed by atoms with Gasteiger partial charge in [-0.1, -0.05) is 29.8 Å². The van der Waals surface area contributed by atoms with Crippen LogP contribution in [-0.2, 0) is 19.4 Å². The van der Waals surface area contributed by atoms with E-state index in [9.17, 15) is 9.59 Å². The number of halogens is 1. The van der Waals surface area contributed by atoms with Gasteiger partial charge in [-0.15, -0.1) is 0 Å². The molecule has 0 aliphatic heterocycles. The normalized spacial score (nSPS) is 13.2. The summed E-state index contributed by atoms with van der Waals surface area (Å²) in [5.74, 6) is -0.127. The monoisotopic (exact) mass is 287 g/mol. The van der Waals surface area contributed by atoms with Crippen LogP contribution in [-0.4, -0.2) is 10.4 Å². The van der Waals surface area contributed by atoms with Gasteiger partial charge in [0.2, 0.25) is 0 Å². The maximum Gasteiger partial charge on any atom is 0.251 e. The van der Waals surface area contributed by atoms with Crippen LogP contribution in [0.1, 0.15) is 28.0 Å². The average Bonchev–Trinajstić information content (AvgIpc) is 2.91. The molecular weight excluding hydrogens is 274 g/mol. The lowest BCUT2D eigenvalue weighted by atomic mass is 10.1. The third-order valence-corrected chi connectivity index (χ3v) is 4.05. The number of hydrogen-bond acceptors (Lipinski definition) is 2. The summed E-state index contributed by atoms with van der Waals surface area (Å²) >= 11 is 6.03. The SMILES string of the molecule is O=C(Cn1c2c(ccc1=O)CCC2)c1ccccc1Cl. The number of fused-ring (bicyclic) bond motifs is 1. The molecule has 0 N–H and O–H groups in total. The number of rotatable bonds is 3. The highest BCUT2D eigenvalue weighted by Crippen LogP contribution is 2.21. The predicted molar refractivity (Wildman–Crippen MR) is 78.5 cm³/mol. The maximum absolute atomic E-state index is 12.3. The molecule has 3 nitrogen and oxygen atoms in total. The van der Waals surface area contributed by atoms with E-state index in [1.165, 1.54) is 5.56 Å². The Morgan fingerprint density at radius 3 is 2.75 bits per heavy atom. The van der Waals surface area contributed by atoms with E-state index in [2.05, 4.69) is 0 Å². The number of ketones is 1. The molecule has 1 aliphatic carbocycles. The van der Waals surface area contributed by atoms with Crippen LogP contribution in [0.2, 0.25) is 5.02 Å². The van der Waals surface area contributed by atoms with Crippen molar-refractivity contribution in [1.29, 1.82) is 0 Å². The Morgan fingerprint density at radius 1 is 1.15 bits per heavy atom. The van der Waals surface area contributed by atoms with Gasteiger partial charge in [-0.05, 0) is 37.0 Å². The molecular formula is C16H14ClNO2. The summed E-state index contributed by atoms with van der Waals surface area (Å²) in [6.45, 7) is 0.0613. The van der Waals surface area contributed by atoms with E-state index in [1.807, 2.05) is 6.07 Å². The molecule has 2 aromatic rings. The van der Waals surface area contributed by atoms with E-state index >= 15 is 0 Å². The Kier molecular flexibility index (Phi) is 3.45. The Bertz CT molecular complexity index is 733. The van der Waals surface area contributed by atoms with Gasteiger partial charge in [0.25, 0.3) is 5.56 Å². The molecule has 102 valence electrons. The number of Topliss-reactive ketones (excluding diaryl/α,β-unsaturated/α-hetero) is 1. The summed E-state index contributed by atoms with van der Waals surface area (Å²) in [4.78, 5) is 24.4. The molecule has 0 atom stereocenters. The Hall–Kier alpha value is -1.87. The first-order valence-corrected chi connectivity index (χ1v) is 7.04. The van der Waals surface area contributed by atoms with E-state index in [4.69, 9.17) is 11.6 Å². The van der Waals surface area contributed by atoms with Gasteiger partial charge in [0, 0.05) is 17.3 Å². The van der Waals surface area contributed by atoms with Gasteiger partial charge < -0.3 is 4.57 Å². The molecule has 0 bridgehead atoms. The smallest absolute Gasteiger partial charge is 0.251 e. The van der Waals surface area contributed by atoms with Crippen LogP contribution < -0.4 is 5.56 Å². The number of pyridine rings is 1. The van der Waals surface area contributed by atoms with Crippen LogP contribution >= 0.6 is 11.6 Å². The summed E-state index contributed by atoms with van der Waals surface area (Å²) in [6.07, 6.45) is 2.89. The van der Waals surface area contributed by atoms with Crippen LogP contribution in [0.3, 0.4) is 0 Å². The highest BCUT2D eigenvalue weighted by Gasteiger charge is 2.18. The molecule has 1 aliphatic rings. The van der Waals surface area contributed by atoms with Crippen LogP contribution in [0.5, 0.6) is 0 Å². The number of aryl methyl sites for hydroxylation is 1. The van der Waals surface area contributed by atoms with Gasteiger partial charge in [-0.25, -0.2) is 0 Å². The minimum atomic E-state index is -0.127. The largest absolute Gasteiger partial charge is 0.305 e. The first-order valence-electron chi connectivity index (χ1n) is 6.66. The lowest BCUT2D eigenvalue weighted by molar-refractivity contribution is 0.0970. The molecule has 0 unspecified atom stereocenters. The summed E-state index contributed by atoms with van der Waals surface area (Å²) in [6, 6.07) is 10.4. The highest BCUT2D eigenvalue weighted by molar-refractivity contribution is 6.33. The molecule has 0 saturated heterocycles. The average molecular weight is 288 g/mol. The van der Waals surface area contributed by atoms with Crippen LogP contribution in [0.15, 0.2) is 41.2 Å². The van der Waals surface area contributed by atoms with E-state index in [0.717, 1.165) is 25.0 Å². The summed E-state index contributed by atoms with van der Waals surface area (Å²) in [5.41, 5.74) is 2.53. The van der Waals surface area contributed by atoms with Crippen molar-refractivity contribution >= 4 is 17.4 Å². The van der Waals surface area contributed by atoms with Crippen molar-refractivity contribution in [2.45, 2.75) is 25.8 Å². The second-order valence-corrected chi connectivity index (χ2v) is 5.39. The molecule has 1 aromatic heterocycles. The number of carbonyl (C=O) groups excluding carboxylic acids is 1. The van der Waals surface area contributed by atoms with Crippen LogP contribution in [0.4, 0.5) is 0 Å². The third kappa shape index (κ3) is 2.29. The highest BCUT2D eigenvalue weighted by atomic mass is 35.5. The standard InChI is InChI=1S/C16H14ClNO2/c17-13-6-2-1-5-12(13)15(19)10-18-14-7-3-4-11(14)8-9-16(18)20/h1-2,5-6,8-9H,3-4,7,10H2. The van der Waals surface area contributed by atoms with E-state index in [1.54, 1.807) is 34.9 Å². The zero-order valence-electron chi connectivity index (χ0n) is 10.9. The Balaban J connectivity index is 1.97. The fourth-order valence-electron chi connectivity index (χ4n) is 2.72. The molecule has 0 radical (unpaired) electrons. The maximum atomic E-state index is 12.3. The van der Waals surface area contributed by atoms with Crippen molar-refractivity contribution in [3.8, 4) is 0 Å². The van der Waals surface area contributed by atoms with Gasteiger partial charge in [-0.2, -0.15) is 0 Å². The summed E-state index contributed by atoms with van der Waals surface area (Å²) in [7, 11) is 0. The van der Waals surface area contributed by atoms with E-state index in [0.29, 0.717) is 10.6 Å². The fourth-order valence-corrected chi connectivity index (χ4v) is 2.96. The number of benzene rings is 1. The molecule has 1 aromatic carbocycles. The Labute approximate surface area is 121 Å². The van der Waals surface area contributed by atoms with Gasteiger partial charge in [0.1, 0.15) is 0 Å². The van der Waals surface area contributed by atoms with Crippen molar-refractivity contribution in [3.05, 3.63) is 68.6 Å². The predicted octanol–water partition coefficient (Wildman–Crippen LogP) is 2.87. The first-order chi connectivity index (χ1) is 9.66. The zero-order chi connectivity index (χ0) is 14.1. The molecule has 20 heavy (non-hydrogen) atoms. The molecule has 3 rings (SSSR count). The topological polar surface area (TPSA) is 39.1 Å². The van der Waals surface area contributed by atoms with Gasteiger partial charge in [0.15, 0.2) is 5.78 Å². The van der Waals surface area contributed by atoms with Gasteiger partial charge in [-0.3, -0.25) is 9.59 Å². The van der Waals surface area contributed by atoms with E-state index < -0.39 is 0 Å². The van der Waals surface area contributed by atoms with Crippen molar-refractivity contribution < 1.29 is 4.79 Å². The number of hydrogen-bond donors (Lipinski definition) is 0. The molecule has 0 amide bonds. The third-order valence-electron chi connectivity index (χ3n) is 3.73. The molecule has 0 fully saturated rings. The summed E-state index contributed by atoms with van der Waals surface area (Å²) < 4.78 is 1.59. The molecule has 0 spiro atoms. The minimum Gasteiger partial charge on any atom is -0.305 e. The molecule has 0 saturated carbocycles. The Morgan fingerprint density at radius 2 is 1.95 bits per heavy atom. The lowest BCUT2D eigenvalue weighted by Crippen LogP contribution is -2.26. The number of nitrogens with zero attached hydrogens (tertiary/aromatic N) is 1. The van der Waals surface area contributed by atoms with E-state index in [-0.39, 0.29) is 17.9 Å². The summed E-state index contributed by atoms with van der Waals surface area (Å²) in [5, 5.41) is 0.429. The second-order valence-electron chi connectivity index (χ2n) is 4.99. The van der Waals surface area contributed by atoms with Crippen molar-refractivity contribution in [2.24, 2.45) is 0 Å². The number of aromatic nitrogens is 1. The van der Waals surface area contributed by atoms with Gasteiger partial charge >= 0.3 is 0 Å². The van der Waals surface area contributed by atoms with Crippen molar-refractivity contribution in [2.75, 3.05) is 0 Å². The van der Waals surface area contributed by atoms with Crippen molar-refractivity contribution in [1.82, 2.24) is 4.57 Å². The number of carbonyl (C=O) groups is 1. The minimum absolute atomic E-state index is 0.0613. The first kappa shape index (κ1) is 13.1. The fraction of sp³-hybridized carbons (Fsp3) is 0.250. The van der Waals surface area contributed by atoms with Gasteiger partial charge in [0.05, 0.1) is 11.6 Å². The molecule has 4 heteroatoms. The lowest BCUT2D eigenvalue weighted by Gasteiger charge is -2.11. The second kappa shape index (κ2) is 5.25. The quantitative estimate of drug-likeness (QED) is 0.814. The van der Waals surface area contributed by atoms with Crippen molar-refractivity contribution in [3.63, 3.8) is 0 Å².